The maximum atomic E-state index is 12.7. The van der Waals surface area contributed by atoms with Gasteiger partial charge in [-0.05, 0) is 67.1 Å². The number of nitrogens with zero attached hydrogens (tertiary/aromatic N) is 3. The van der Waals surface area contributed by atoms with Crippen molar-refractivity contribution in [2.24, 2.45) is 0 Å². The number of benzene rings is 2. The van der Waals surface area contributed by atoms with Crippen molar-refractivity contribution in [2.75, 3.05) is 0 Å². The topological polar surface area (TPSA) is 52.0 Å². The minimum atomic E-state index is -4.35. The molecule has 0 atom stereocenters. The van der Waals surface area contributed by atoms with E-state index in [-0.39, 0.29) is 6.10 Å². The number of fused-ring (bicyclic) bond motifs is 3. The normalized spacial score (nSPS) is 23.2. The molecule has 1 saturated carbocycles. The van der Waals surface area contributed by atoms with Crippen LogP contribution in [-0.2, 0) is 24.1 Å². The van der Waals surface area contributed by atoms with E-state index in [1.54, 1.807) is 6.33 Å². The van der Waals surface area contributed by atoms with Gasteiger partial charge in [-0.1, -0.05) is 12.1 Å². The molecule has 0 radical (unpaired) electrons. The Hall–Kier alpha value is -2.58. The van der Waals surface area contributed by atoms with Crippen molar-refractivity contribution in [1.29, 1.82) is 0 Å². The van der Waals surface area contributed by atoms with E-state index in [9.17, 15) is 13.2 Å². The van der Waals surface area contributed by atoms with Crippen molar-refractivity contribution in [3.8, 4) is 11.4 Å². The maximum Gasteiger partial charge on any atom is 0.416 e. The first-order chi connectivity index (χ1) is 15.3. The first-order valence-corrected chi connectivity index (χ1v) is 11.0. The molecule has 1 aromatic heterocycles. The average Bonchev–Trinajstić information content (AvgIpc) is 3.16. The van der Waals surface area contributed by atoms with E-state index >= 15 is 0 Å². The predicted molar refractivity (Wildman–Crippen MR) is 114 cm³/mol. The number of rotatable bonds is 3. The molecule has 0 bridgehead atoms. The molecule has 0 unspecified atom stereocenters. The quantitative estimate of drug-likeness (QED) is 0.533. The highest BCUT2D eigenvalue weighted by Gasteiger charge is 2.36. The van der Waals surface area contributed by atoms with E-state index in [1.165, 1.54) is 12.1 Å². The van der Waals surface area contributed by atoms with E-state index in [0.717, 1.165) is 67.0 Å². The number of hydrogen-bond donors (Lipinski definition) is 1. The zero-order chi connectivity index (χ0) is 22.3. The number of aromatic nitrogens is 3. The monoisotopic (exact) mass is 462 g/mol. The van der Waals surface area contributed by atoms with Crippen LogP contribution in [0.4, 0.5) is 13.2 Å². The lowest BCUT2D eigenvalue weighted by molar-refractivity contribution is -0.137. The fraction of sp³-hybridized carbons (Fsp3) is 0.391. The first kappa shape index (κ1) is 21.3. The second kappa shape index (κ2) is 8.08. The largest absolute Gasteiger partial charge is 0.490 e. The Balaban J connectivity index is 1.27. The molecule has 168 valence electrons. The van der Waals surface area contributed by atoms with Gasteiger partial charge < -0.3 is 10.1 Å². The zero-order valence-electron chi connectivity index (χ0n) is 17.2. The van der Waals surface area contributed by atoms with Crippen molar-refractivity contribution < 1.29 is 17.9 Å². The Morgan fingerprint density at radius 1 is 1.06 bits per heavy atom. The molecular weight excluding hydrogens is 441 g/mol. The van der Waals surface area contributed by atoms with Gasteiger partial charge in [-0.25, -0.2) is 0 Å². The van der Waals surface area contributed by atoms with E-state index in [1.807, 2.05) is 4.57 Å². The molecule has 0 spiro atoms. The fourth-order valence-corrected chi connectivity index (χ4v) is 4.84. The minimum absolute atomic E-state index is 0.0688. The highest BCUT2D eigenvalue weighted by atomic mass is 35.5. The van der Waals surface area contributed by atoms with E-state index in [2.05, 4.69) is 33.7 Å². The minimum Gasteiger partial charge on any atom is -0.490 e. The molecule has 1 fully saturated rings. The molecule has 9 heteroatoms. The van der Waals surface area contributed by atoms with Crippen LogP contribution in [0.5, 0.6) is 5.75 Å². The van der Waals surface area contributed by atoms with Crippen LogP contribution in [0.1, 0.15) is 48.2 Å². The van der Waals surface area contributed by atoms with Gasteiger partial charge in [0.15, 0.2) is 5.82 Å². The van der Waals surface area contributed by atoms with Crippen molar-refractivity contribution >= 4 is 11.6 Å². The second-order valence-corrected chi connectivity index (χ2v) is 9.09. The van der Waals surface area contributed by atoms with E-state index < -0.39 is 16.6 Å². The number of hydrogen-bond acceptors (Lipinski definition) is 4. The summed E-state index contributed by atoms with van der Waals surface area (Å²) < 4.78 is 46.2. The zero-order valence-corrected chi connectivity index (χ0v) is 18.0. The summed E-state index contributed by atoms with van der Waals surface area (Å²) in [6, 6.07) is 11.1. The summed E-state index contributed by atoms with van der Waals surface area (Å²) in [4.78, 5) is -0.489. The smallest absolute Gasteiger partial charge is 0.416 e. The van der Waals surface area contributed by atoms with Crippen LogP contribution in [-0.4, -0.2) is 20.9 Å². The summed E-state index contributed by atoms with van der Waals surface area (Å²) in [6.07, 6.45) is 0.224. The second-order valence-electron chi connectivity index (χ2n) is 8.37. The molecule has 0 saturated heterocycles. The van der Waals surface area contributed by atoms with Gasteiger partial charge in [0.05, 0.1) is 28.8 Å². The van der Waals surface area contributed by atoms with Gasteiger partial charge in [0.1, 0.15) is 12.1 Å². The van der Waals surface area contributed by atoms with Crippen LogP contribution >= 0.6 is 11.6 Å². The first-order valence-electron chi connectivity index (χ1n) is 10.6. The summed E-state index contributed by atoms with van der Waals surface area (Å²) >= 11 is 7.07. The molecule has 0 amide bonds. The Morgan fingerprint density at radius 2 is 1.81 bits per heavy atom. The van der Waals surface area contributed by atoms with Crippen LogP contribution < -0.4 is 10.1 Å². The fourth-order valence-electron chi connectivity index (χ4n) is 4.50. The van der Waals surface area contributed by atoms with E-state index in [0.29, 0.717) is 12.3 Å². The van der Waals surface area contributed by atoms with Gasteiger partial charge in [-0.2, -0.15) is 13.2 Å². The molecule has 1 aliphatic heterocycles. The molecule has 5 rings (SSSR count). The number of ether oxygens (including phenoxy) is 1. The van der Waals surface area contributed by atoms with Crippen molar-refractivity contribution in [3.05, 3.63) is 71.3 Å². The summed E-state index contributed by atoms with van der Waals surface area (Å²) in [5.74, 6) is 1.32. The standard InChI is InChI=1S/C23H22ClF3N4O/c24-22(17-3-6-20-15(11-17)12-28-13-21-30-29-14-31(20)21)9-7-19(8-10-22)32-18-4-1-16(2-5-18)23(25,26)27/h1-6,11,14,19,28H,7-10,12-13H2. The highest BCUT2D eigenvalue weighted by Crippen LogP contribution is 2.44. The van der Waals surface area contributed by atoms with Gasteiger partial charge in [0, 0.05) is 6.54 Å². The molecule has 3 aromatic rings. The van der Waals surface area contributed by atoms with Crippen LogP contribution in [0.15, 0.2) is 48.8 Å². The molecule has 1 aliphatic carbocycles. The Bertz CT molecular complexity index is 1110. The number of alkyl halides is 4. The third kappa shape index (κ3) is 4.09. The van der Waals surface area contributed by atoms with Crippen LogP contribution in [0.3, 0.4) is 0 Å². The predicted octanol–water partition coefficient (Wildman–Crippen LogP) is 5.35. The number of nitrogens with one attached hydrogen (secondary N) is 1. The van der Waals surface area contributed by atoms with Crippen LogP contribution in [0.25, 0.3) is 5.69 Å². The Morgan fingerprint density at radius 3 is 2.53 bits per heavy atom. The van der Waals surface area contributed by atoms with Gasteiger partial charge in [-0.15, -0.1) is 21.8 Å². The van der Waals surface area contributed by atoms with Crippen molar-refractivity contribution in [3.63, 3.8) is 0 Å². The van der Waals surface area contributed by atoms with Gasteiger partial charge in [0.25, 0.3) is 0 Å². The summed E-state index contributed by atoms with van der Waals surface area (Å²) in [5, 5.41) is 11.5. The summed E-state index contributed by atoms with van der Waals surface area (Å²) in [5.41, 5.74) is 2.59. The van der Waals surface area contributed by atoms with Crippen LogP contribution in [0, 0.1) is 0 Å². The summed E-state index contributed by atoms with van der Waals surface area (Å²) in [7, 11) is 0. The van der Waals surface area contributed by atoms with Gasteiger partial charge >= 0.3 is 6.18 Å². The van der Waals surface area contributed by atoms with Crippen molar-refractivity contribution in [1.82, 2.24) is 20.1 Å². The molecule has 2 heterocycles. The SMILES string of the molecule is FC(F)(F)c1ccc(OC2CCC(Cl)(c3ccc4c(c3)CNCc3nncn3-4)CC2)cc1. The summed E-state index contributed by atoms with van der Waals surface area (Å²) in [6.45, 7) is 1.37. The maximum absolute atomic E-state index is 12.7. The molecule has 32 heavy (non-hydrogen) atoms. The average molecular weight is 463 g/mol. The van der Waals surface area contributed by atoms with Gasteiger partial charge in [-0.3, -0.25) is 4.57 Å². The Labute approximate surface area is 188 Å². The highest BCUT2D eigenvalue weighted by molar-refractivity contribution is 6.24. The van der Waals surface area contributed by atoms with Gasteiger partial charge in [0.2, 0.25) is 0 Å². The molecule has 2 aromatic carbocycles. The lowest BCUT2D eigenvalue weighted by atomic mass is 9.81. The number of halogens is 4. The third-order valence-corrected chi connectivity index (χ3v) is 6.88. The van der Waals surface area contributed by atoms with E-state index in [4.69, 9.17) is 16.3 Å². The Kier molecular flexibility index (Phi) is 5.37. The van der Waals surface area contributed by atoms with Crippen LogP contribution in [0.2, 0.25) is 0 Å². The lowest BCUT2D eigenvalue weighted by Gasteiger charge is -2.36. The van der Waals surface area contributed by atoms with Crippen molar-refractivity contribution in [2.45, 2.75) is 55.9 Å². The molecular formula is C23H22ClF3N4O. The lowest BCUT2D eigenvalue weighted by Crippen LogP contribution is -2.31. The third-order valence-electron chi connectivity index (χ3n) is 6.28. The molecule has 5 nitrogen and oxygen atoms in total. The molecule has 2 aliphatic rings. The molecule has 1 N–H and O–H groups in total.